The van der Waals surface area contributed by atoms with E-state index in [1.165, 1.54) is 0 Å². The highest BCUT2D eigenvalue weighted by atomic mass is 35.5. The number of fused-ring (bicyclic) bond motifs is 1. The molecule has 2 N–H and O–H groups in total. The second kappa shape index (κ2) is 2.91. The lowest BCUT2D eigenvalue weighted by atomic mass is 10.1. The molecule has 0 spiro atoms. The molecule has 1 aromatic rings. The first-order valence-electron chi connectivity index (χ1n) is 3.92. The largest absolute Gasteiger partial charge is 0.324 e. The average Bonchev–Trinajstić information content (AvgIpc) is 2.41. The summed E-state index contributed by atoms with van der Waals surface area (Å²) >= 11 is 11.9. The Kier molecular flexibility index (Phi) is 2.03. The van der Waals surface area contributed by atoms with Crippen molar-refractivity contribution in [3.05, 3.63) is 33.3 Å². The van der Waals surface area contributed by atoms with Gasteiger partial charge in [-0.2, -0.15) is 0 Å². The van der Waals surface area contributed by atoms with Gasteiger partial charge in [0.2, 0.25) is 0 Å². The third kappa shape index (κ3) is 1.13. The lowest BCUT2D eigenvalue weighted by molar-refractivity contribution is 0.713. The summed E-state index contributed by atoms with van der Waals surface area (Å²) in [5, 5.41) is 1.31. The summed E-state index contributed by atoms with van der Waals surface area (Å²) in [6, 6.07) is 3.93. The fourth-order valence-corrected chi connectivity index (χ4v) is 2.11. The van der Waals surface area contributed by atoms with Gasteiger partial charge in [-0.15, -0.1) is 0 Å². The maximum Gasteiger partial charge on any atom is 0.0627 e. The summed E-state index contributed by atoms with van der Waals surface area (Å²) in [6.45, 7) is 0. The molecule has 0 radical (unpaired) electrons. The van der Waals surface area contributed by atoms with Gasteiger partial charge in [0.1, 0.15) is 0 Å². The third-order valence-corrected chi connectivity index (χ3v) is 3.18. The van der Waals surface area contributed by atoms with E-state index in [1.807, 2.05) is 12.1 Å². The summed E-state index contributed by atoms with van der Waals surface area (Å²) in [6.07, 6.45) is 1.94. The Hall–Kier alpha value is -0.240. The molecule has 0 heterocycles. The van der Waals surface area contributed by atoms with Crippen LogP contribution in [0, 0.1) is 0 Å². The van der Waals surface area contributed by atoms with Crippen molar-refractivity contribution in [2.45, 2.75) is 18.9 Å². The van der Waals surface area contributed by atoms with Crippen LogP contribution in [0.2, 0.25) is 10.0 Å². The Labute approximate surface area is 81.5 Å². The minimum Gasteiger partial charge on any atom is -0.324 e. The van der Waals surface area contributed by atoms with E-state index in [2.05, 4.69) is 0 Å². The van der Waals surface area contributed by atoms with E-state index in [1.54, 1.807) is 0 Å². The van der Waals surface area contributed by atoms with Crippen molar-refractivity contribution in [3.63, 3.8) is 0 Å². The van der Waals surface area contributed by atoms with Crippen LogP contribution in [0.3, 0.4) is 0 Å². The molecule has 1 nitrogen and oxygen atoms in total. The van der Waals surface area contributed by atoms with Crippen LogP contribution in [0.15, 0.2) is 12.1 Å². The molecule has 0 bridgehead atoms. The maximum absolute atomic E-state index is 6.02. The zero-order valence-corrected chi connectivity index (χ0v) is 7.99. The number of hydrogen-bond donors (Lipinski definition) is 1. The van der Waals surface area contributed by atoms with Gasteiger partial charge >= 0.3 is 0 Å². The summed E-state index contributed by atoms with van der Waals surface area (Å²) in [5.41, 5.74) is 8.16. The Morgan fingerprint density at radius 1 is 1.33 bits per heavy atom. The van der Waals surface area contributed by atoms with Gasteiger partial charge in [0, 0.05) is 6.04 Å². The molecule has 64 valence electrons. The van der Waals surface area contributed by atoms with Gasteiger partial charge < -0.3 is 5.73 Å². The molecule has 12 heavy (non-hydrogen) atoms. The van der Waals surface area contributed by atoms with Crippen molar-refractivity contribution in [2.24, 2.45) is 5.73 Å². The first kappa shape index (κ1) is 8.36. The standard InChI is InChI=1S/C9H9Cl2N/c10-7-3-1-5-6(9(7)11)2-4-8(5)12/h1,3,8H,2,4,12H2/t8-/m0/s1. The molecule has 0 aromatic heterocycles. The Bertz CT molecular complexity index is 323. The molecule has 2 rings (SSSR count). The van der Waals surface area contributed by atoms with Crippen LogP contribution in [0.1, 0.15) is 23.6 Å². The lowest BCUT2D eigenvalue weighted by Gasteiger charge is -2.06. The third-order valence-electron chi connectivity index (χ3n) is 2.34. The smallest absolute Gasteiger partial charge is 0.0627 e. The van der Waals surface area contributed by atoms with Gasteiger partial charge in [0.15, 0.2) is 0 Å². The number of hydrogen-bond acceptors (Lipinski definition) is 1. The van der Waals surface area contributed by atoms with Crippen LogP contribution in [0.5, 0.6) is 0 Å². The monoisotopic (exact) mass is 201 g/mol. The van der Waals surface area contributed by atoms with Crippen molar-refractivity contribution in [2.75, 3.05) is 0 Å². The molecule has 3 heteroatoms. The first-order valence-corrected chi connectivity index (χ1v) is 4.68. The molecule has 0 amide bonds. The highest BCUT2D eigenvalue weighted by Gasteiger charge is 2.22. The van der Waals surface area contributed by atoms with Gasteiger partial charge in [-0.05, 0) is 30.0 Å². The summed E-state index contributed by atoms with van der Waals surface area (Å²) in [7, 11) is 0. The Morgan fingerprint density at radius 2 is 2.08 bits per heavy atom. The van der Waals surface area contributed by atoms with E-state index in [0.29, 0.717) is 10.0 Å². The number of halogens is 2. The van der Waals surface area contributed by atoms with Crippen LogP contribution in [0.25, 0.3) is 0 Å². The van der Waals surface area contributed by atoms with Gasteiger partial charge in [0.05, 0.1) is 10.0 Å². The minimum atomic E-state index is 0.148. The van der Waals surface area contributed by atoms with Crippen molar-refractivity contribution < 1.29 is 0 Å². The molecule has 1 aromatic carbocycles. The van der Waals surface area contributed by atoms with Crippen molar-refractivity contribution in [3.8, 4) is 0 Å². The first-order chi connectivity index (χ1) is 5.70. The molecular formula is C9H9Cl2N. The molecule has 1 aliphatic carbocycles. The van der Waals surface area contributed by atoms with Gasteiger partial charge in [-0.1, -0.05) is 29.3 Å². The van der Waals surface area contributed by atoms with E-state index in [-0.39, 0.29) is 6.04 Å². The predicted octanol–water partition coefficient (Wildman–Crippen LogP) is 2.94. The van der Waals surface area contributed by atoms with Crippen LogP contribution < -0.4 is 5.73 Å². The summed E-state index contributed by atoms with van der Waals surface area (Å²) in [4.78, 5) is 0. The van der Waals surface area contributed by atoms with Crippen molar-refractivity contribution in [1.29, 1.82) is 0 Å². The molecule has 0 aliphatic heterocycles. The summed E-state index contributed by atoms with van der Waals surface area (Å²) < 4.78 is 0. The van der Waals surface area contributed by atoms with Gasteiger partial charge in [-0.3, -0.25) is 0 Å². The van der Waals surface area contributed by atoms with E-state index in [4.69, 9.17) is 28.9 Å². The molecule has 0 fully saturated rings. The Morgan fingerprint density at radius 3 is 2.83 bits per heavy atom. The van der Waals surface area contributed by atoms with Crippen LogP contribution in [-0.2, 0) is 6.42 Å². The highest BCUT2D eigenvalue weighted by Crippen LogP contribution is 2.37. The predicted molar refractivity (Wildman–Crippen MR) is 51.7 cm³/mol. The average molecular weight is 202 g/mol. The molecule has 0 unspecified atom stereocenters. The molecule has 0 saturated carbocycles. The number of nitrogens with two attached hydrogens (primary N) is 1. The topological polar surface area (TPSA) is 26.0 Å². The van der Waals surface area contributed by atoms with Crippen molar-refractivity contribution in [1.82, 2.24) is 0 Å². The highest BCUT2D eigenvalue weighted by molar-refractivity contribution is 6.42. The van der Waals surface area contributed by atoms with E-state index in [9.17, 15) is 0 Å². The van der Waals surface area contributed by atoms with Crippen LogP contribution >= 0.6 is 23.2 Å². The zero-order chi connectivity index (χ0) is 8.72. The quantitative estimate of drug-likeness (QED) is 0.687. The maximum atomic E-state index is 6.02. The van der Waals surface area contributed by atoms with E-state index >= 15 is 0 Å². The Balaban J connectivity index is 2.60. The lowest BCUT2D eigenvalue weighted by Crippen LogP contribution is -2.04. The second-order valence-electron chi connectivity index (χ2n) is 3.07. The van der Waals surface area contributed by atoms with Gasteiger partial charge in [0.25, 0.3) is 0 Å². The molecule has 1 aliphatic rings. The number of rotatable bonds is 0. The summed E-state index contributed by atoms with van der Waals surface area (Å²) in [5.74, 6) is 0. The minimum absolute atomic E-state index is 0.148. The molecule has 1 atom stereocenters. The van der Waals surface area contributed by atoms with E-state index < -0.39 is 0 Å². The fourth-order valence-electron chi connectivity index (χ4n) is 1.66. The van der Waals surface area contributed by atoms with Gasteiger partial charge in [-0.25, -0.2) is 0 Å². The SMILES string of the molecule is N[C@H]1CCc2c1ccc(Cl)c2Cl. The number of benzene rings is 1. The normalized spacial score (nSPS) is 21.1. The van der Waals surface area contributed by atoms with E-state index in [0.717, 1.165) is 24.0 Å². The second-order valence-corrected chi connectivity index (χ2v) is 3.86. The fraction of sp³-hybridized carbons (Fsp3) is 0.333. The molecule has 0 saturated heterocycles. The zero-order valence-electron chi connectivity index (χ0n) is 6.48. The van der Waals surface area contributed by atoms with Crippen molar-refractivity contribution >= 4 is 23.2 Å². The van der Waals surface area contributed by atoms with Crippen LogP contribution in [-0.4, -0.2) is 0 Å². The molecular weight excluding hydrogens is 193 g/mol. The van der Waals surface area contributed by atoms with Crippen LogP contribution in [0.4, 0.5) is 0 Å².